The average Bonchev–Trinajstić information content (AvgIpc) is 2.90. The number of fused-ring (bicyclic) bond motifs is 2. The highest BCUT2D eigenvalue weighted by Crippen LogP contribution is 2.41. The molecule has 0 radical (unpaired) electrons. The molecule has 7 heteroatoms. The number of nitrogens with zero attached hydrogens (tertiary/aromatic N) is 2. The molecule has 2 saturated heterocycles. The monoisotopic (exact) mass is 392 g/mol. The summed E-state index contributed by atoms with van der Waals surface area (Å²) in [5.41, 5.74) is 0.615. The number of piperidine rings is 1. The summed E-state index contributed by atoms with van der Waals surface area (Å²) in [6, 6.07) is 8.69. The Bertz CT molecular complexity index is 890. The molecule has 0 N–H and O–H groups in total. The van der Waals surface area contributed by atoms with Crippen LogP contribution in [-0.4, -0.2) is 35.9 Å². The van der Waals surface area contributed by atoms with Crippen LogP contribution < -0.4 is 4.74 Å². The van der Waals surface area contributed by atoms with Crippen molar-refractivity contribution in [3.63, 3.8) is 0 Å². The van der Waals surface area contributed by atoms with Crippen molar-refractivity contribution in [2.24, 2.45) is 0 Å². The SMILES string of the molecule is Cc1c(Cl)cccc1S(=O)(=O)N1C2CCC1CC(Oc1ccncc1)C2. The Hall–Kier alpha value is -1.63. The largest absolute Gasteiger partial charge is 0.490 e. The predicted octanol–water partition coefficient (Wildman–Crippen LogP) is 3.81. The fourth-order valence-electron chi connectivity index (χ4n) is 4.16. The topological polar surface area (TPSA) is 59.5 Å². The van der Waals surface area contributed by atoms with Gasteiger partial charge in [0.15, 0.2) is 0 Å². The van der Waals surface area contributed by atoms with E-state index in [1.165, 1.54) is 0 Å². The van der Waals surface area contributed by atoms with E-state index in [-0.39, 0.29) is 18.2 Å². The zero-order valence-corrected chi connectivity index (χ0v) is 16.1. The van der Waals surface area contributed by atoms with E-state index in [2.05, 4.69) is 4.98 Å². The van der Waals surface area contributed by atoms with Gasteiger partial charge in [0, 0.05) is 42.3 Å². The normalized spacial score (nSPS) is 26.0. The minimum absolute atomic E-state index is 0.0241. The summed E-state index contributed by atoms with van der Waals surface area (Å²) in [5, 5.41) is 0.481. The van der Waals surface area contributed by atoms with Crippen LogP contribution in [0.4, 0.5) is 0 Å². The zero-order valence-electron chi connectivity index (χ0n) is 14.5. The van der Waals surface area contributed by atoms with E-state index < -0.39 is 10.0 Å². The smallest absolute Gasteiger partial charge is 0.243 e. The van der Waals surface area contributed by atoms with Gasteiger partial charge in [-0.25, -0.2) is 8.42 Å². The summed E-state index contributed by atoms with van der Waals surface area (Å²) in [7, 11) is -3.56. The summed E-state index contributed by atoms with van der Waals surface area (Å²) >= 11 is 6.15. The van der Waals surface area contributed by atoms with Gasteiger partial charge >= 0.3 is 0 Å². The van der Waals surface area contributed by atoms with Gasteiger partial charge in [0.25, 0.3) is 0 Å². The third-order valence-electron chi connectivity index (χ3n) is 5.35. The van der Waals surface area contributed by atoms with Crippen LogP contribution in [0.1, 0.15) is 31.2 Å². The number of halogens is 1. The second kappa shape index (κ2) is 6.83. The third-order valence-corrected chi connectivity index (χ3v) is 7.91. The fraction of sp³-hybridized carbons (Fsp3) is 0.421. The number of rotatable bonds is 4. The Morgan fingerprint density at radius 3 is 2.42 bits per heavy atom. The molecule has 5 nitrogen and oxygen atoms in total. The lowest BCUT2D eigenvalue weighted by atomic mass is 10.0. The fourth-order valence-corrected chi connectivity index (χ4v) is 6.54. The maximum Gasteiger partial charge on any atom is 0.243 e. The van der Waals surface area contributed by atoms with Crippen LogP contribution in [0.2, 0.25) is 5.02 Å². The first kappa shape index (κ1) is 17.8. The van der Waals surface area contributed by atoms with Crippen molar-refractivity contribution in [3.8, 4) is 5.75 Å². The molecule has 26 heavy (non-hydrogen) atoms. The van der Waals surface area contributed by atoms with Crippen LogP contribution in [0, 0.1) is 6.92 Å². The molecule has 2 unspecified atom stereocenters. The lowest BCUT2D eigenvalue weighted by Crippen LogP contribution is -2.49. The summed E-state index contributed by atoms with van der Waals surface area (Å²) in [6.45, 7) is 1.76. The Balaban J connectivity index is 1.57. The standard InChI is InChI=1S/C19H21ClN2O3S/c1-13-18(20)3-2-4-19(13)26(23,24)22-14-5-6-15(22)12-17(11-14)25-16-7-9-21-10-8-16/h2-4,7-10,14-15,17H,5-6,11-12H2,1H3. The van der Waals surface area contributed by atoms with E-state index in [9.17, 15) is 8.42 Å². The summed E-state index contributed by atoms with van der Waals surface area (Å²) in [4.78, 5) is 4.31. The van der Waals surface area contributed by atoms with Gasteiger partial charge < -0.3 is 4.74 Å². The molecular formula is C19H21ClN2O3S. The van der Waals surface area contributed by atoms with Crippen LogP contribution in [0.15, 0.2) is 47.6 Å². The number of benzene rings is 1. The molecule has 0 aliphatic carbocycles. The molecule has 0 amide bonds. The van der Waals surface area contributed by atoms with Gasteiger partial charge in [-0.1, -0.05) is 17.7 Å². The lowest BCUT2D eigenvalue weighted by molar-refractivity contribution is 0.0956. The van der Waals surface area contributed by atoms with E-state index >= 15 is 0 Å². The van der Waals surface area contributed by atoms with Gasteiger partial charge in [0.2, 0.25) is 10.0 Å². The maximum atomic E-state index is 13.3. The number of hydrogen-bond donors (Lipinski definition) is 0. The number of sulfonamides is 1. The van der Waals surface area contributed by atoms with Crippen LogP contribution in [0.3, 0.4) is 0 Å². The van der Waals surface area contributed by atoms with Crippen molar-refractivity contribution in [1.82, 2.24) is 9.29 Å². The molecule has 0 saturated carbocycles. The molecule has 2 aliphatic rings. The van der Waals surface area contributed by atoms with Crippen LogP contribution in [0.5, 0.6) is 5.75 Å². The van der Waals surface area contributed by atoms with Gasteiger partial charge in [0.1, 0.15) is 11.9 Å². The van der Waals surface area contributed by atoms with E-state index in [0.29, 0.717) is 28.3 Å². The molecule has 4 rings (SSSR count). The van der Waals surface area contributed by atoms with Crippen molar-refractivity contribution in [1.29, 1.82) is 0 Å². The molecular weight excluding hydrogens is 372 g/mol. The summed E-state index contributed by atoms with van der Waals surface area (Å²) in [5.74, 6) is 0.784. The molecule has 1 aromatic carbocycles. The molecule has 2 aromatic rings. The van der Waals surface area contributed by atoms with E-state index in [4.69, 9.17) is 16.3 Å². The first-order valence-electron chi connectivity index (χ1n) is 8.82. The zero-order chi connectivity index (χ0) is 18.3. The van der Waals surface area contributed by atoms with Crippen molar-refractivity contribution >= 4 is 21.6 Å². The lowest BCUT2D eigenvalue weighted by Gasteiger charge is -2.38. The quantitative estimate of drug-likeness (QED) is 0.793. The average molecular weight is 393 g/mol. The molecule has 2 bridgehead atoms. The number of hydrogen-bond acceptors (Lipinski definition) is 4. The van der Waals surface area contributed by atoms with E-state index in [0.717, 1.165) is 18.6 Å². The highest BCUT2D eigenvalue weighted by molar-refractivity contribution is 7.89. The van der Waals surface area contributed by atoms with Gasteiger partial charge in [-0.3, -0.25) is 4.98 Å². The van der Waals surface area contributed by atoms with E-state index in [1.807, 2.05) is 12.1 Å². The third kappa shape index (κ3) is 3.10. The van der Waals surface area contributed by atoms with Crippen molar-refractivity contribution in [2.75, 3.05) is 0 Å². The predicted molar refractivity (Wildman–Crippen MR) is 99.9 cm³/mol. The van der Waals surface area contributed by atoms with Gasteiger partial charge in [-0.15, -0.1) is 0 Å². The first-order valence-corrected chi connectivity index (χ1v) is 10.6. The second-order valence-corrected chi connectivity index (χ2v) is 9.20. The molecule has 1 aromatic heterocycles. The van der Waals surface area contributed by atoms with Gasteiger partial charge in [-0.2, -0.15) is 4.31 Å². The molecule has 138 valence electrons. The molecule has 2 aliphatic heterocycles. The summed E-state index contributed by atoms with van der Waals surface area (Å²) in [6.07, 6.45) is 6.59. The molecule has 2 atom stereocenters. The van der Waals surface area contributed by atoms with Gasteiger partial charge in [0.05, 0.1) is 4.90 Å². The van der Waals surface area contributed by atoms with E-state index in [1.54, 1.807) is 41.8 Å². The second-order valence-electron chi connectivity index (χ2n) is 6.98. The van der Waals surface area contributed by atoms with Crippen LogP contribution in [-0.2, 0) is 10.0 Å². The first-order chi connectivity index (χ1) is 12.5. The molecule has 3 heterocycles. The Morgan fingerprint density at radius 1 is 1.12 bits per heavy atom. The Labute approximate surface area is 159 Å². The van der Waals surface area contributed by atoms with Gasteiger partial charge in [-0.05, 0) is 49.6 Å². The minimum atomic E-state index is -3.56. The van der Waals surface area contributed by atoms with Crippen molar-refractivity contribution < 1.29 is 13.2 Å². The highest BCUT2D eigenvalue weighted by atomic mass is 35.5. The molecule has 0 spiro atoms. The Morgan fingerprint density at radius 2 is 1.77 bits per heavy atom. The van der Waals surface area contributed by atoms with Crippen molar-refractivity contribution in [3.05, 3.63) is 53.3 Å². The molecule has 2 fully saturated rings. The maximum absolute atomic E-state index is 13.3. The number of aromatic nitrogens is 1. The van der Waals surface area contributed by atoms with Crippen LogP contribution >= 0.6 is 11.6 Å². The summed E-state index contributed by atoms with van der Waals surface area (Å²) < 4.78 is 34.4. The number of pyridine rings is 1. The Kier molecular flexibility index (Phi) is 4.67. The highest BCUT2D eigenvalue weighted by Gasteiger charge is 2.48. The minimum Gasteiger partial charge on any atom is -0.490 e. The van der Waals surface area contributed by atoms with Crippen molar-refractivity contribution in [2.45, 2.75) is 55.7 Å². The van der Waals surface area contributed by atoms with Crippen LogP contribution in [0.25, 0.3) is 0 Å². The number of ether oxygens (including phenoxy) is 1.